The second-order valence-electron chi connectivity index (χ2n) is 11.2. The Morgan fingerprint density at radius 3 is 2.03 bits per heavy atom. The molecular weight excluding hydrogens is 496 g/mol. The minimum absolute atomic E-state index is 0.0363. The van der Waals surface area contributed by atoms with Crippen molar-refractivity contribution < 1.29 is 28.6 Å². The van der Waals surface area contributed by atoms with Gasteiger partial charge in [0.2, 0.25) is 0 Å². The Morgan fingerprint density at radius 2 is 1.46 bits per heavy atom. The van der Waals surface area contributed by atoms with Crippen LogP contribution in [0.15, 0.2) is 60.7 Å². The molecule has 0 spiro atoms. The van der Waals surface area contributed by atoms with Crippen LogP contribution in [0.5, 0.6) is 0 Å². The number of carbonyl (C=O) groups is 3. The summed E-state index contributed by atoms with van der Waals surface area (Å²) in [7, 11) is 1.37. The van der Waals surface area contributed by atoms with Gasteiger partial charge in [0.05, 0.1) is 12.5 Å². The van der Waals surface area contributed by atoms with Gasteiger partial charge in [0, 0.05) is 45.6 Å². The molecule has 0 bridgehead atoms. The van der Waals surface area contributed by atoms with Crippen LogP contribution in [0.1, 0.15) is 45.7 Å². The van der Waals surface area contributed by atoms with Crippen LogP contribution in [0, 0.1) is 17.3 Å². The summed E-state index contributed by atoms with van der Waals surface area (Å²) in [6, 6.07) is 19.9. The van der Waals surface area contributed by atoms with E-state index in [0.29, 0.717) is 19.0 Å². The predicted molar refractivity (Wildman–Crippen MR) is 149 cm³/mol. The Labute approximate surface area is 232 Å². The minimum atomic E-state index is -0.666. The second kappa shape index (κ2) is 13.1. The van der Waals surface area contributed by atoms with Gasteiger partial charge in [0.15, 0.2) is 0 Å². The maximum atomic E-state index is 12.1. The molecule has 0 unspecified atom stereocenters. The number of likely N-dealkylation sites (tertiary alicyclic amines) is 2. The van der Waals surface area contributed by atoms with E-state index in [9.17, 15) is 14.4 Å². The van der Waals surface area contributed by atoms with E-state index < -0.39 is 11.5 Å². The molecule has 212 valence electrons. The number of esters is 2. The standard InChI is InChI=1S/C16H21NO4.C15H21NO2/c1-12-9-17(11-16(12,2)14(18)20-3)15(19)21-10-13-7-5-4-6-8-13;1-12-9-16(10-14-7-5-4-6-8-14)11-15(12,3)18-13(2)17/h4-8,12H,9-11H2,1-3H3;4-8,12H,9-11H2,1-3H3/t12-,16+;12-,15+/m00/s1. The lowest BCUT2D eigenvalue weighted by atomic mass is 9.81. The molecule has 8 nitrogen and oxygen atoms in total. The molecule has 2 heterocycles. The van der Waals surface area contributed by atoms with Gasteiger partial charge in [0.25, 0.3) is 0 Å². The van der Waals surface area contributed by atoms with Gasteiger partial charge in [-0.2, -0.15) is 0 Å². The van der Waals surface area contributed by atoms with Gasteiger partial charge in [-0.05, 0) is 30.9 Å². The number of methoxy groups -OCH3 is 1. The van der Waals surface area contributed by atoms with E-state index in [0.717, 1.165) is 25.2 Å². The van der Waals surface area contributed by atoms with Crippen molar-refractivity contribution in [2.24, 2.45) is 17.3 Å². The second-order valence-corrected chi connectivity index (χ2v) is 11.2. The zero-order valence-corrected chi connectivity index (χ0v) is 24.0. The number of nitrogens with zero attached hydrogens (tertiary/aromatic N) is 2. The first kappa shape index (κ1) is 30.2. The summed E-state index contributed by atoms with van der Waals surface area (Å²) in [6.45, 7) is 13.2. The Bertz CT molecular complexity index is 1110. The van der Waals surface area contributed by atoms with E-state index in [2.05, 4.69) is 36.1 Å². The molecule has 2 aliphatic heterocycles. The van der Waals surface area contributed by atoms with Crippen molar-refractivity contribution in [3.63, 3.8) is 0 Å². The molecule has 8 heteroatoms. The van der Waals surface area contributed by atoms with Gasteiger partial charge in [-0.25, -0.2) is 4.79 Å². The summed E-state index contributed by atoms with van der Waals surface area (Å²) >= 11 is 0. The van der Waals surface area contributed by atoms with Gasteiger partial charge >= 0.3 is 18.0 Å². The lowest BCUT2D eigenvalue weighted by molar-refractivity contribution is -0.157. The SMILES string of the molecule is CC(=O)O[C@]1(C)CN(Cc2ccccc2)C[C@@H]1C.COC(=O)[C@]1(C)CN(C(=O)OCc2ccccc2)C[C@@H]1C. The third kappa shape index (κ3) is 7.82. The van der Waals surface area contributed by atoms with Crippen LogP contribution < -0.4 is 0 Å². The molecule has 2 aromatic rings. The number of rotatable bonds is 6. The minimum Gasteiger partial charge on any atom is -0.469 e. The molecule has 4 rings (SSSR count). The molecule has 0 radical (unpaired) electrons. The van der Waals surface area contributed by atoms with Gasteiger partial charge < -0.3 is 19.1 Å². The van der Waals surface area contributed by atoms with Crippen molar-refractivity contribution in [3.05, 3.63) is 71.8 Å². The summed E-state index contributed by atoms with van der Waals surface area (Å²) in [5.41, 5.74) is 1.23. The van der Waals surface area contributed by atoms with Crippen LogP contribution in [-0.2, 0) is 37.0 Å². The highest BCUT2D eigenvalue weighted by Gasteiger charge is 2.49. The molecule has 0 aliphatic carbocycles. The molecule has 2 fully saturated rings. The molecule has 2 aliphatic rings. The van der Waals surface area contributed by atoms with E-state index in [1.165, 1.54) is 19.6 Å². The first-order valence-electron chi connectivity index (χ1n) is 13.5. The molecule has 0 N–H and O–H groups in total. The molecule has 2 aromatic carbocycles. The summed E-state index contributed by atoms with van der Waals surface area (Å²) in [4.78, 5) is 39.1. The lowest BCUT2D eigenvalue weighted by Crippen LogP contribution is -2.38. The number of hydrogen-bond donors (Lipinski definition) is 0. The Kier molecular flexibility index (Phi) is 10.1. The molecule has 0 aromatic heterocycles. The number of ether oxygens (including phenoxy) is 3. The maximum absolute atomic E-state index is 12.1. The van der Waals surface area contributed by atoms with Crippen molar-refractivity contribution in [3.8, 4) is 0 Å². The fourth-order valence-corrected chi connectivity index (χ4v) is 5.27. The normalized spacial score (nSPS) is 26.4. The van der Waals surface area contributed by atoms with E-state index in [1.54, 1.807) is 4.90 Å². The Hall–Kier alpha value is -3.39. The Morgan fingerprint density at radius 1 is 0.872 bits per heavy atom. The van der Waals surface area contributed by atoms with Gasteiger partial charge in [-0.1, -0.05) is 74.5 Å². The highest BCUT2D eigenvalue weighted by molar-refractivity contribution is 5.79. The number of amides is 1. The smallest absolute Gasteiger partial charge is 0.410 e. The lowest BCUT2D eigenvalue weighted by Gasteiger charge is -2.28. The molecule has 2 saturated heterocycles. The van der Waals surface area contributed by atoms with Crippen molar-refractivity contribution in [2.45, 2.75) is 53.4 Å². The molecular formula is C31H42N2O6. The largest absolute Gasteiger partial charge is 0.469 e. The highest BCUT2D eigenvalue weighted by atomic mass is 16.6. The van der Waals surface area contributed by atoms with Crippen molar-refractivity contribution >= 4 is 18.0 Å². The topological polar surface area (TPSA) is 85.4 Å². The van der Waals surface area contributed by atoms with Gasteiger partial charge in [-0.15, -0.1) is 0 Å². The van der Waals surface area contributed by atoms with Crippen molar-refractivity contribution in [1.82, 2.24) is 9.80 Å². The van der Waals surface area contributed by atoms with Gasteiger partial charge in [-0.3, -0.25) is 14.5 Å². The zero-order valence-electron chi connectivity index (χ0n) is 24.0. The first-order chi connectivity index (χ1) is 18.5. The number of benzene rings is 2. The molecule has 39 heavy (non-hydrogen) atoms. The summed E-state index contributed by atoms with van der Waals surface area (Å²) in [6.07, 6.45) is -0.390. The average molecular weight is 539 g/mol. The molecule has 4 atom stereocenters. The fourth-order valence-electron chi connectivity index (χ4n) is 5.27. The molecule has 0 saturated carbocycles. The van der Waals surface area contributed by atoms with Crippen LogP contribution in [0.3, 0.4) is 0 Å². The number of hydrogen-bond acceptors (Lipinski definition) is 7. The summed E-state index contributed by atoms with van der Waals surface area (Å²) in [5.74, 6) is -0.0707. The summed E-state index contributed by atoms with van der Waals surface area (Å²) in [5, 5.41) is 0. The van der Waals surface area contributed by atoms with E-state index in [1.807, 2.05) is 57.2 Å². The zero-order chi connectivity index (χ0) is 28.6. The van der Waals surface area contributed by atoms with E-state index in [-0.39, 0.29) is 30.1 Å². The van der Waals surface area contributed by atoms with Crippen LogP contribution >= 0.6 is 0 Å². The van der Waals surface area contributed by atoms with Crippen LogP contribution in [-0.4, -0.2) is 66.7 Å². The van der Waals surface area contributed by atoms with E-state index in [4.69, 9.17) is 14.2 Å². The summed E-state index contributed by atoms with van der Waals surface area (Å²) < 4.78 is 15.6. The quantitative estimate of drug-likeness (QED) is 0.381. The van der Waals surface area contributed by atoms with Crippen LogP contribution in [0.4, 0.5) is 4.79 Å². The van der Waals surface area contributed by atoms with Crippen LogP contribution in [0.2, 0.25) is 0 Å². The van der Waals surface area contributed by atoms with Gasteiger partial charge in [0.1, 0.15) is 12.2 Å². The first-order valence-corrected chi connectivity index (χ1v) is 13.5. The maximum Gasteiger partial charge on any atom is 0.410 e. The Balaban J connectivity index is 0.000000218. The monoisotopic (exact) mass is 538 g/mol. The van der Waals surface area contributed by atoms with Crippen molar-refractivity contribution in [2.75, 3.05) is 33.3 Å². The number of carbonyl (C=O) groups excluding carboxylic acids is 3. The van der Waals surface area contributed by atoms with E-state index >= 15 is 0 Å². The average Bonchev–Trinajstić information content (AvgIpc) is 3.37. The third-order valence-corrected chi connectivity index (χ3v) is 7.95. The predicted octanol–water partition coefficient (Wildman–Crippen LogP) is 4.91. The van der Waals surface area contributed by atoms with Crippen LogP contribution in [0.25, 0.3) is 0 Å². The fraction of sp³-hybridized carbons (Fsp3) is 0.516. The highest BCUT2D eigenvalue weighted by Crippen LogP contribution is 2.37. The third-order valence-electron chi connectivity index (χ3n) is 7.95. The molecule has 1 amide bonds. The van der Waals surface area contributed by atoms with Crippen molar-refractivity contribution in [1.29, 1.82) is 0 Å².